The van der Waals surface area contributed by atoms with E-state index in [4.69, 9.17) is 12.2 Å². The van der Waals surface area contributed by atoms with Crippen molar-refractivity contribution in [3.05, 3.63) is 52.1 Å². The number of terminal acetylenes is 1. The number of halogens is 4. The van der Waals surface area contributed by atoms with Crippen molar-refractivity contribution in [1.29, 1.82) is 0 Å². The predicted molar refractivity (Wildman–Crippen MR) is 111 cm³/mol. The standard InChI is InChI=1S/C22H21F4N3O4/c1-6-21(4,10-30)29(13-7-8-15(23)14(9-13)22(24,25)26)20(33)18(31)16-11(2)17(19(27)32)28(5)12(16)3/h1,7-9,30H,10H2,2-5H3,(H2,27,32)/t21-/m1/s1. The molecular weight excluding hydrogens is 446 g/mol. The number of carbonyl (C=O) groups excluding carboxylic acids is 3. The number of nitrogens with two attached hydrogens (primary N) is 1. The van der Waals surface area contributed by atoms with Crippen LogP contribution in [-0.2, 0) is 18.0 Å². The summed E-state index contributed by atoms with van der Waals surface area (Å²) in [5, 5.41) is 9.82. The van der Waals surface area contributed by atoms with E-state index in [9.17, 15) is 37.1 Å². The van der Waals surface area contributed by atoms with Gasteiger partial charge in [0.2, 0.25) is 0 Å². The Balaban J connectivity index is 2.76. The van der Waals surface area contributed by atoms with E-state index in [0.29, 0.717) is 17.0 Å². The molecule has 1 atom stereocenters. The molecule has 0 radical (unpaired) electrons. The third kappa shape index (κ3) is 4.34. The summed E-state index contributed by atoms with van der Waals surface area (Å²) in [7, 11) is 1.44. The first-order chi connectivity index (χ1) is 15.1. The zero-order valence-electron chi connectivity index (χ0n) is 18.2. The third-order valence-electron chi connectivity index (χ3n) is 5.41. The number of alkyl halides is 3. The fourth-order valence-electron chi connectivity index (χ4n) is 3.55. The van der Waals surface area contributed by atoms with Gasteiger partial charge in [0.15, 0.2) is 0 Å². The minimum absolute atomic E-state index is 0.0433. The number of rotatable bonds is 6. The summed E-state index contributed by atoms with van der Waals surface area (Å²) in [4.78, 5) is 38.8. The Bertz CT molecular complexity index is 1190. The number of aromatic nitrogens is 1. The van der Waals surface area contributed by atoms with Crippen molar-refractivity contribution in [3.8, 4) is 12.3 Å². The summed E-state index contributed by atoms with van der Waals surface area (Å²) >= 11 is 0. The average Bonchev–Trinajstić information content (AvgIpc) is 2.95. The molecule has 176 valence electrons. The van der Waals surface area contributed by atoms with Crippen LogP contribution in [0.25, 0.3) is 0 Å². The van der Waals surface area contributed by atoms with Crippen molar-refractivity contribution in [1.82, 2.24) is 4.57 Å². The fraction of sp³-hybridized carbons (Fsp3) is 0.318. The van der Waals surface area contributed by atoms with Crippen molar-refractivity contribution in [2.24, 2.45) is 12.8 Å². The van der Waals surface area contributed by atoms with Gasteiger partial charge in [-0.1, -0.05) is 5.92 Å². The lowest BCUT2D eigenvalue weighted by molar-refractivity contribution is -0.140. The second-order valence-corrected chi connectivity index (χ2v) is 7.57. The van der Waals surface area contributed by atoms with Crippen LogP contribution in [0.1, 0.15) is 44.6 Å². The zero-order chi connectivity index (χ0) is 25.5. The van der Waals surface area contributed by atoms with E-state index in [1.165, 1.54) is 25.5 Å². The van der Waals surface area contributed by atoms with Crippen LogP contribution in [0, 0.1) is 32.0 Å². The molecule has 0 aliphatic rings. The lowest BCUT2D eigenvalue weighted by Gasteiger charge is -2.36. The first-order valence-electron chi connectivity index (χ1n) is 9.42. The van der Waals surface area contributed by atoms with Gasteiger partial charge in [-0.05, 0) is 44.5 Å². The number of Topliss-reactive ketones (excluding diaryl/α,β-unsaturated/α-hetero) is 1. The molecule has 0 aliphatic carbocycles. The maximum Gasteiger partial charge on any atom is 0.419 e. The number of aliphatic hydroxyl groups excluding tert-OH is 1. The summed E-state index contributed by atoms with van der Waals surface area (Å²) in [6.45, 7) is 3.04. The molecule has 2 aromatic rings. The number of primary amides is 1. The van der Waals surface area contributed by atoms with Gasteiger partial charge < -0.3 is 15.4 Å². The van der Waals surface area contributed by atoms with Gasteiger partial charge >= 0.3 is 12.1 Å². The van der Waals surface area contributed by atoms with E-state index >= 15 is 0 Å². The van der Waals surface area contributed by atoms with Crippen LogP contribution >= 0.6 is 0 Å². The first-order valence-corrected chi connectivity index (χ1v) is 9.42. The van der Waals surface area contributed by atoms with Crippen molar-refractivity contribution in [3.63, 3.8) is 0 Å². The third-order valence-corrected chi connectivity index (χ3v) is 5.41. The van der Waals surface area contributed by atoms with E-state index in [2.05, 4.69) is 5.92 Å². The summed E-state index contributed by atoms with van der Waals surface area (Å²) < 4.78 is 54.9. The van der Waals surface area contributed by atoms with Crippen LogP contribution in [-0.4, -0.2) is 39.4 Å². The number of aliphatic hydroxyl groups is 1. The quantitative estimate of drug-likeness (QED) is 0.295. The average molecular weight is 467 g/mol. The van der Waals surface area contributed by atoms with Crippen LogP contribution in [0.3, 0.4) is 0 Å². The molecule has 0 fully saturated rings. The normalized spacial score (nSPS) is 13.2. The maximum atomic E-state index is 13.8. The topological polar surface area (TPSA) is 106 Å². The van der Waals surface area contributed by atoms with Crippen molar-refractivity contribution in [2.75, 3.05) is 11.5 Å². The van der Waals surface area contributed by atoms with E-state index in [1.807, 2.05) is 0 Å². The Morgan fingerprint density at radius 3 is 2.24 bits per heavy atom. The zero-order valence-corrected chi connectivity index (χ0v) is 18.2. The van der Waals surface area contributed by atoms with E-state index in [-0.39, 0.29) is 22.5 Å². The number of benzene rings is 1. The van der Waals surface area contributed by atoms with Gasteiger partial charge in [0.1, 0.15) is 17.1 Å². The van der Waals surface area contributed by atoms with Gasteiger partial charge in [-0.2, -0.15) is 13.2 Å². The highest BCUT2D eigenvalue weighted by atomic mass is 19.4. The molecule has 2 amide bonds. The van der Waals surface area contributed by atoms with E-state index in [1.54, 1.807) is 0 Å². The largest absolute Gasteiger partial charge is 0.419 e. The van der Waals surface area contributed by atoms with Gasteiger partial charge in [-0.25, -0.2) is 4.39 Å². The minimum Gasteiger partial charge on any atom is -0.393 e. The Kier molecular flexibility index (Phi) is 6.76. The summed E-state index contributed by atoms with van der Waals surface area (Å²) in [6, 6.07) is 1.63. The van der Waals surface area contributed by atoms with E-state index < -0.39 is 53.0 Å². The van der Waals surface area contributed by atoms with Gasteiger partial charge in [-0.3, -0.25) is 19.3 Å². The van der Waals surface area contributed by atoms with Gasteiger partial charge in [0.25, 0.3) is 11.7 Å². The Labute approximate surface area is 186 Å². The monoisotopic (exact) mass is 467 g/mol. The Morgan fingerprint density at radius 2 is 1.82 bits per heavy atom. The molecule has 0 unspecified atom stereocenters. The molecule has 3 N–H and O–H groups in total. The molecule has 2 rings (SSSR count). The fourth-order valence-corrected chi connectivity index (χ4v) is 3.55. The molecule has 0 saturated carbocycles. The molecule has 0 saturated heterocycles. The molecule has 33 heavy (non-hydrogen) atoms. The van der Waals surface area contributed by atoms with Crippen LogP contribution in [0.15, 0.2) is 18.2 Å². The Hall–Kier alpha value is -3.65. The molecule has 1 aromatic heterocycles. The highest BCUT2D eigenvalue weighted by Crippen LogP contribution is 2.36. The molecule has 0 bridgehead atoms. The number of ketones is 1. The number of carbonyl (C=O) groups is 3. The highest BCUT2D eigenvalue weighted by molar-refractivity contribution is 6.48. The summed E-state index contributed by atoms with van der Waals surface area (Å²) in [5.74, 6) is -2.96. The van der Waals surface area contributed by atoms with Crippen molar-refractivity contribution < 1.29 is 37.1 Å². The second kappa shape index (κ2) is 8.71. The predicted octanol–water partition coefficient (Wildman–Crippen LogP) is 2.50. The highest BCUT2D eigenvalue weighted by Gasteiger charge is 2.42. The molecule has 1 heterocycles. The lowest BCUT2D eigenvalue weighted by Crippen LogP contribution is -2.54. The smallest absolute Gasteiger partial charge is 0.393 e. The Morgan fingerprint density at radius 1 is 1.24 bits per heavy atom. The first kappa shape index (κ1) is 25.6. The molecule has 0 aliphatic heterocycles. The minimum atomic E-state index is -5.10. The maximum absolute atomic E-state index is 13.8. The molecule has 7 nitrogen and oxygen atoms in total. The molecule has 11 heteroatoms. The number of nitrogens with zero attached hydrogens (tertiary/aromatic N) is 2. The number of amides is 2. The number of anilines is 1. The second-order valence-electron chi connectivity index (χ2n) is 7.57. The number of hydrogen-bond acceptors (Lipinski definition) is 4. The van der Waals surface area contributed by atoms with Gasteiger partial charge in [0, 0.05) is 18.4 Å². The molecule has 0 spiro atoms. The summed E-state index contributed by atoms with van der Waals surface area (Å²) in [6.07, 6.45) is 0.334. The molecular formula is C22H21F4N3O4. The van der Waals surface area contributed by atoms with Crippen LogP contribution in [0.4, 0.5) is 23.2 Å². The van der Waals surface area contributed by atoms with Gasteiger partial charge in [-0.15, -0.1) is 6.42 Å². The van der Waals surface area contributed by atoms with Crippen LogP contribution < -0.4 is 10.6 Å². The van der Waals surface area contributed by atoms with Crippen molar-refractivity contribution >= 4 is 23.3 Å². The van der Waals surface area contributed by atoms with Gasteiger partial charge in [0.05, 0.1) is 17.7 Å². The molecule has 1 aromatic carbocycles. The van der Waals surface area contributed by atoms with E-state index in [0.717, 1.165) is 13.0 Å². The van der Waals surface area contributed by atoms with Crippen molar-refractivity contribution in [2.45, 2.75) is 32.5 Å². The number of hydrogen-bond donors (Lipinski definition) is 2. The van der Waals surface area contributed by atoms with Crippen LogP contribution in [0.5, 0.6) is 0 Å². The summed E-state index contributed by atoms with van der Waals surface area (Å²) in [5.41, 5.74) is 1.17. The SMILES string of the molecule is C#C[C@](C)(CO)N(C(=O)C(=O)c1c(C)c(C(N)=O)n(C)c1C)c1ccc(F)c(C(F)(F)F)c1. The lowest BCUT2D eigenvalue weighted by atomic mass is 9.97. The van der Waals surface area contributed by atoms with Crippen LogP contribution in [0.2, 0.25) is 0 Å².